The normalized spacial score (nSPS) is 29.0. The van der Waals surface area contributed by atoms with E-state index in [9.17, 15) is 20.0 Å². The van der Waals surface area contributed by atoms with Gasteiger partial charge in [0.05, 0.1) is 30.3 Å². The molecule has 0 aromatic rings. The third-order valence-electron chi connectivity index (χ3n) is 7.20. The van der Waals surface area contributed by atoms with Crippen molar-refractivity contribution in [1.82, 2.24) is 10.2 Å². The number of aliphatic imine (C=N–C) groups is 2. The molecule has 2 fully saturated rings. The number of esters is 1. The molecule has 11 nitrogen and oxygen atoms in total. The van der Waals surface area contributed by atoms with Gasteiger partial charge in [0, 0.05) is 25.9 Å². The third-order valence-corrected chi connectivity index (χ3v) is 7.20. The van der Waals surface area contributed by atoms with Crippen molar-refractivity contribution < 1.29 is 24.2 Å². The summed E-state index contributed by atoms with van der Waals surface area (Å²) >= 11 is 0. The molecule has 1 saturated carbocycles. The third kappa shape index (κ3) is 6.62. The zero-order chi connectivity index (χ0) is 26.1. The number of nitrogens with zero attached hydrogens (tertiary/aromatic N) is 4. The first kappa shape index (κ1) is 27.6. The van der Waals surface area contributed by atoms with E-state index in [1.807, 2.05) is 13.8 Å². The van der Waals surface area contributed by atoms with Crippen LogP contribution in [0.2, 0.25) is 0 Å². The van der Waals surface area contributed by atoms with E-state index in [1.54, 1.807) is 11.0 Å². The highest BCUT2D eigenvalue weighted by Crippen LogP contribution is 2.37. The number of amides is 2. The average molecular weight is 503 g/mol. The molecule has 1 aliphatic carbocycles. The summed E-state index contributed by atoms with van der Waals surface area (Å²) in [6.45, 7) is 4.61. The van der Waals surface area contributed by atoms with Crippen LogP contribution in [0.4, 0.5) is 4.79 Å². The first-order valence-corrected chi connectivity index (χ1v) is 12.9. The number of rotatable bonds is 8. The monoisotopic (exact) mass is 502 g/mol. The highest BCUT2D eigenvalue weighted by atomic mass is 16.6. The van der Waals surface area contributed by atoms with E-state index in [2.05, 4.69) is 21.4 Å². The van der Waals surface area contributed by atoms with Gasteiger partial charge in [-0.3, -0.25) is 4.79 Å². The number of nitrogens with two attached hydrogens (primary N) is 1. The van der Waals surface area contributed by atoms with Crippen molar-refractivity contribution in [1.29, 1.82) is 5.26 Å². The van der Waals surface area contributed by atoms with Crippen molar-refractivity contribution >= 4 is 24.2 Å². The summed E-state index contributed by atoms with van der Waals surface area (Å²) in [4.78, 5) is 34.4. The van der Waals surface area contributed by atoms with Gasteiger partial charge in [-0.05, 0) is 39.0 Å². The summed E-state index contributed by atoms with van der Waals surface area (Å²) in [6, 6.07) is 1.25. The van der Waals surface area contributed by atoms with E-state index in [0.29, 0.717) is 37.5 Å². The van der Waals surface area contributed by atoms with Gasteiger partial charge in [-0.2, -0.15) is 10.3 Å². The van der Waals surface area contributed by atoms with Crippen molar-refractivity contribution in [2.45, 2.75) is 89.1 Å². The summed E-state index contributed by atoms with van der Waals surface area (Å²) in [6.07, 6.45) is 7.47. The maximum absolute atomic E-state index is 12.5. The molecule has 1 saturated heterocycles. The Labute approximate surface area is 212 Å². The molecule has 11 heteroatoms. The molecule has 0 aromatic carbocycles. The number of hydrogen-bond donors (Lipinski definition) is 3. The molecular formula is C25H38N6O5. The van der Waals surface area contributed by atoms with E-state index in [0.717, 1.165) is 32.0 Å². The van der Waals surface area contributed by atoms with Gasteiger partial charge >= 0.3 is 12.0 Å². The number of nitriles is 1. The Morgan fingerprint density at radius 1 is 1.36 bits per heavy atom. The Balaban J connectivity index is 1.60. The first-order valence-electron chi connectivity index (χ1n) is 12.9. The lowest BCUT2D eigenvalue weighted by atomic mass is 9.87. The number of nitrogens with one attached hydrogen (secondary N) is 1. The van der Waals surface area contributed by atoms with Crippen molar-refractivity contribution in [3.63, 3.8) is 0 Å². The minimum atomic E-state index is -1.35. The molecule has 2 amide bonds. The molecule has 4 atom stereocenters. The van der Waals surface area contributed by atoms with Gasteiger partial charge in [0.1, 0.15) is 12.7 Å². The summed E-state index contributed by atoms with van der Waals surface area (Å²) in [5, 5.41) is 23.8. The topological polar surface area (TPSA) is 163 Å². The minimum Gasteiger partial charge on any atom is -0.463 e. The van der Waals surface area contributed by atoms with Crippen LogP contribution in [0.3, 0.4) is 0 Å². The summed E-state index contributed by atoms with van der Waals surface area (Å²) in [5.74, 6) is 0.164. The molecule has 1 unspecified atom stereocenters. The van der Waals surface area contributed by atoms with Gasteiger partial charge in [-0.15, -0.1) is 0 Å². The Bertz CT molecular complexity index is 918. The molecule has 0 bridgehead atoms. The number of carbonyl (C=O) groups excluding carboxylic acids is 2. The van der Waals surface area contributed by atoms with Crippen molar-refractivity contribution in [3.8, 4) is 6.07 Å². The van der Waals surface area contributed by atoms with Crippen molar-refractivity contribution in [3.05, 3.63) is 11.8 Å². The van der Waals surface area contributed by atoms with Gasteiger partial charge in [0.2, 0.25) is 0 Å². The van der Waals surface area contributed by atoms with Crippen LogP contribution in [0.1, 0.15) is 65.2 Å². The number of carbonyl (C=O) groups is 2. The second-order valence-electron chi connectivity index (χ2n) is 9.54. The Morgan fingerprint density at radius 2 is 2.08 bits per heavy atom. The lowest BCUT2D eigenvalue weighted by Crippen LogP contribution is -2.48. The molecule has 198 valence electrons. The second kappa shape index (κ2) is 12.8. The zero-order valence-electron chi connectivity index (χ0n) is 21.2. The van der Waals surface area contributed by atoms with Crippen molar-refractivity contribution in [2.24, 2.45) is 21.6 Å². The standard InChI is InChI=1S/C25H38N6O5/c1-3-31(4-2)24(34)30-23(28-16-27)18-10-11-21(29-18)25(15-26)13-19(32)20(36-25)14-35-22(33)12-17-8-6-5-7-9-17/h10,16-17,19-21,29,32H,3-9,11-14H2,1-2H3,(H2,27,28,30,34)/t19-,20+,21?,25-/m0/s1. The quantitative estimate of drug-likeness (QED) is 0.258. The first-order chi connectivity index (χ1) is 17.4. The van der Waals surface area contributed by atoms with Crippen molar-refractivity contribution in [2.75, 3.05) is 19.7 Å². The highest BCUT2D eigenvalue weighted by Gasteiger charge is 2.53. The highest BCUT2D eigenvalue weighted by molar-refractivity contribution is 6.07. The van der Waals surface area contributed by atoms with E-state index < -0.39 is 29.9 Å². The number of aliphatic hydroxyl groups is 1. The molecule has 4 N–H and O–H groups in total. The van der Waals surface area contributed by atoms with Gasteiger partial charge in [-0.1, -0.05) is 25.3 Å². The molecular weight excluding hydrogens is 464 g/mol. The van der Waals surface area contributed by atoms with Crippen LogP contribution in [0.5, 0.6) is 0 Å². The predicted octanol–water partition coefficient (Wildman–Crippen LogP) is 2.01. The Kier molecular flexibility index (Phi) is 9.84. The van der Waals surface area contributed by atoms with Gasteiger partial charge in [0.15, 0.2) is 11.4 Å². The molecule has 0 aromatic heterocycles. The molecule has 0 radical (unpaired) electrons. The van der Waals surface area contributed by atoms with Crippen LogP contribution in [-0.2, 0) is 14.3 Å². The van der Waals surface area contributed by atoms with Gasteiger partial charge in [0.25, 0.3) is 0 Å². The minimum absolute atomic E-state index is 0.0537. The summed E-state index contributed by atoms with van der Waals surface area (Å²) in [7, 11) is 0. The number of amidine groups is 1. The molecule has 3 rings (SSSR count). The van der Waals surface area contributed by atoms with Crippen LogP contribution in [0.25, 0.3) is 0 Å². The summed E-state index contributed by atoms with van der Waals surface area (Å²) in [5.41, 5.74) is 4.58. The van der Waals surface area contributed by atoms with Crippen LogP contribution in [0.15, 0.2) is 21.8 Å². The van der Waals surface area contributed by atoms with Crippen LogP contribution in [-0.4, -0.2) is 77.7 Å². The fourth-order valence-electron chi connectivity index (χ4n) is 5.11. The Morgan fingerprint density at radius 3 is 2.72 bits per heavy atom. The van der Waals surface area contributed by atoms with Gasteiger partial charge < -0.3 is 30.5 Å². The van der Waals surface area contributed by atoms with E-state index in [4.69, 9.17) is 15.2 Å². The van der Waals surface area contributed by atoms with E-state index in [1.165, 1.54) is 6.42 Å². The lowest BCUT2D eigenvalue weighted by Gasteiger charge is -2.29. The van der Waals surface area contributed by atoms with Gasteiger partial charge in [-0.25, -0.2) is 9.79 Å². The van der Waals surface area contributed by atoms with Crippen LogP contribution >= 0.6 is 0 Å². The molecule has 3 aliphatic rings. The fourth-order valence-corrected chi connectivity index (χ4v) is 5.11. The number of aliphatic hydroxyl groups excluding tert-OH is 1. The summed E-state index contributed by atoms with van der Waals surface area (Å²) < 4.78 is 11.4. The Hall–Kier alpha value is -2.97. The number of hydrogen-bond acceptors (Lipinski definition) is 7. The van der Waals surface area contributed by atoms with Crippen LogP contribution in [0, 0.1) is 17.2 Å². The maximum atomic E-state index is 12.5. The molecule has 2 heterocycles. The zero-order valence-corrected chi connectivity index (χ0v) is 21.2. The SMILES string of the molecule is CCN(CC)C(=O)/N=C(\N=CN)C1=CCC([C@@]2(C#N)C[C@H](O)[C@@H](COC(=O)CC3CCCCC3)O2)N1. The van der Waals surface area contributed by atoms with E-state index >= 15 is 0 Å². The molecule has 36 heavy (non-hydrogen) atoms. The lowest BCUT2D eigenvalue weighted by molar-refractivity contribution is -0.152. The predicted molar refractivity (Wildman–Crippen MR) is 134 cm³/mol. The fraction of sp³-hybridized carbons (Fsp3) is 0.720. The maximum Gasteiger partial charge on any atom is 0.345 e. The number of urea groups is 1. The largest absolute Gasteiger partial charge is 0.463 e. The van der Waals surface area contributed by atoms with Crippen LogP contribution < -0.4 is 11.1 Å². The number of ether oxygens (including phenoxy) is 2. The average Bonchev–Trinajstić information content (AvgIpc) is 3.49. The second-order valence-corrected chi connectivity index (χ2v) is 9.54. The van der Waals surface area contributed by atoms with E-state index in [-0.39, 0.29) is 24.8 Å². The smallest absolute Gasteiger partial charge is 0.345 e. The molecule has 2 aliphatic heterocycles. The molecule has 0 spiro atoms.